The van der Waals surface area contributed by atoms with E-state index < -0.39 is 10.0 Å². The first-order valence-electron chi connectivity index (χ1n) is 9.19. The maximum Gasteiger partial charge on any atom is 0.251 e. The highest BCUT2D eigenvalue weighted by Crippen LogP contribution is 2.18. The molecule has 144 valence electrons. The minimum atomic E-state index is -3.53. The van der Waals surface area contributed by atoms with Crippen molar-refractivity contribution in [2.75, 3.05) is 45.9 Å². The molecule has 2 fully saturated rings. The van der Waals surface area contributed by atoms with Gasteiger partial charge in [0.15, 0.2) is 0 Å². The van der Waals surface area contributed by atoms with Crippen LogP contribution in [0.25, 0.3) is 0 Å². The van der Waals surface area contributed by atoms with E-state index in [-0.39, 0.29) is 10.8 Å². The number of carbonyl (C=O) groups is 1. The molecule has 2 saturated heterocycles. The molecule has 1 N–H and O–H groups in total. The van der Waals surface area contributed by atoms with E-state index in [0.717, 1.165) is 13.1 Å². The third-order valence-corrected chi connectivity index (χ3v) is 6.96. The molecular formula is C18H27N3O4S. The van der Waals surface area contributed by atoms with Crippen molar-refractivity contribution in [1.29, 1.82) is 0 Å². The molecule has 7 nitrogen and oxygen atoms in total. The summed E-state index contributed by atoms with van der Waals surface area (Å²) in [6.45, 7) is 6.42. The van der Waals surface area contributed by atoms with Gasteiger partial charge in [0, 0.05) is 31.2 Å². The molecule has 0 aliphatic carbocycles. The Morgan fingerprint density at radius 1 is 1.12 bits per heavy atom. The van der Waals surface area contributed by atoms with Gasteiger partial charge in [0.1, 0.15) is 0 Å². The summed E-state index contributed by atoms with van der Waals surface area (Å²) in [4.78, 5) is 14.9. The lowest BCUT2D eigenvalue weighted by atomic mass is 10.2. The average Bonchev–Trinajstić information content (AvgIpc) is 3.21. The molecule has 0 radical (unpaired) electrons. The molecule has 0 bridgehead atoms. The molecule has 8 heteroatoms. The second-order valence-corrected chi connectivity index (χ2v) is 8.78. The van der Waals surface area contributed by atoms with Gasteiger partial charge in [0.2, 0.25) is 10.0 Å². The van der Waals surface area contributed by atoms with Crippen LogP contribution in [0.2, 0.25) is 0 Å². The van der Waals surface area contributed by atoms with Gasteiger partial charge in [-0.1, -0.05) is 0 Å². The molecule has 1 atom stereocenters. The fraction of sp³-hybridized carbons (Fsp3) is 0.611. The molecule has 2 heterocycles. The van der Waals surface area contributed by atoms with Crippen LogP contribution in [0.5, 0.6) is 0 Å². The van der Waals surface area contributed by atoms with Crippen LogP contribution in [0.15, 0.2) is 29.2 Å². The molecule has 0 spiro atoms. The van der Waals surface area contributed by atoms with Gasteiger partial charge in [-0.2, -0.15) is 4.31 Å². The molecule has 1 aromatic carbocycles. The van der Waals surface area contributed by atoms with Crippen molar-refractivity contribution in [3.05, 3.63) is 29.8 Å². The zero-order valence-electron chi connectivity index (χ0n) is 15.2. The first-order valence-corrected chi connectivity index (χ1v) is 10.6. The highest BCUT2D eigenvalue weighted by Gasteiger charge is 2.26. The first kappa shape index (κ1) is 19.3. The van der Waals surface area contributed by atoms with Crippen LogP contribution < -0.4 is 5.32 Å². The number of likely N-dealkylation sites (tertiary alicyclic amines) is 1. The summed E-state index contributed by atoms with van der Waals surface area (Å²) >= 11 is 0. The van der Waals surface area contributed by atoms with Crippen molar-refractivity contribution in [2.24, 2.45) is 0 Å². The Morgan fingerprint density at radius 3 is 2.35 bits per heavy atom. The third kappa shape index (κ3) is 4.43. The zero-order valence-corrected chi connectivity index (χ0v) is 16.0. The van der Waals surface area contributed by atoms with Crippen LogP contribution in [-0.4, -0.2) is 75.5 Å². The second kappa shape index (κ2) is 8.47. The normalized spacial score (nSPS) is 20.8. The molecule has 3 rings (SSSR count). The van der Waals surface area contributed by atoms with Gasteiger partial charge in [-0.05, 0) is 57.1 Å². The van der Waals surface area contributed by atoms with Crippen molar-refractivity contribution >= 4 is 15.9 Å². The van der Waals surface area contributed by atoms with E-state index in [9.17, 15) is 13.2 Å². The number of carbonyl (C=O) groups excluding carboxylic acids is 1. The summed E-state index contributed by atoms with van der Waals surface area (Å²) in [7, 11) is -3.53. The summed E-state index contributed by atoms with van der Waals surface area (Å²) in [5.74, 6) is -0.175. The molecule has 0 aromatic heterocycles. The lowest BCUT2D eigenvalue weighted by molar-refractivity contribution is 0.0730. The molecule has 26 heavy (non-hydrogen) atoms. The van der Waals surface area contributed by atoms with Gasteiger partial charge in [-0.15, -0.1) is 0 Å². The van der Waals surface area contributed by atoms with Crippen LogP contribution in [0.4, 0.5) is 0 Å². The maximum absolute atomic E-state index is 12.6. The summed E-state index contributed by atoms with van der Waals surface area (Å²) in [6.07, 6.45) is 2.44. The Bertz CT molecular complexity index is 708. The van der Waals surface area contributed by atoms with E-state index in [1.807, 2.05) is 0 Å². The molecule has 2 aliphatic rings. The van der Waals surface area contributed by atoms with Gasteiger partial charge in [-0.25, -0.2) is 8.42 Å². The largest absolute Gasteiger partial charge is 0.379 e. The Labute approximate surface area is 155 Å². The quantitative estimate of drug-likeness (QED) is 0.793. The predicted octanol–water partition coefficient (Wildman–Crippen LogP) is 0.922. The monoisotopic (exact) mass is 381 g/mol. The van der Waals surface area contributed by atoms with E-state index in [0.29, 0.717) is 44.5 Å². The van der Waals surface area contributed by atoms with E-state index in [1.54, 1.807) is 12.1 Å². The molecule has 0 saturated carbocycles. The van der Waals surface area contributed by atoms with Gasteiger partial charge in [0.25, 0.3) is 5.91 Å². The van der Waals surface area contributed by atoms with Crippen LogP contribution in [0.3, 0.4) is 0 Å². The predicted molar refractivity (Wildman–Crippen MR) is 98.6 cm³/mol. The Kier molecular flexibility index (Phi) is 6.29. The smallest absolute Gasteiger partial charge is 0.251 e. The van der Waals surface area contributed by atoms with E-state index in [4.69, 9.17) is 4.74 Å². The average molecular weight is 381 g/mol. The van der Waals surface area contributed by atoms with Gasteiger partial charge in [-0.3, -0.25) is 9.69 Å². The molecule has 1 amide bonds. The SMILES string of the molecule is CC(CNC(=O)c1ccc(S(=O)(=O)N2CCOCC2)cc1)N1CCCC1. The van der Waals surface area contributed by atoms with Crippen molar-refractivity contribution in [2.45, 2.75) is 30.7 Å². The number of nitrogens with zero attached hydrogens (tertiary/aromatic N) is 2. The second-order valence-electron chi connectivity index (χ2n) is 6.84. The number of amides is 1. The number of nitrogens with one attached hydrogen (secondary N) is 1. The van der Waals surface area contributed by atoms with Crippen LogP contribution >= 0.6 is 0 Å². The van der Waals surface area contributed by atoms with Crippen molar-refractivity contribution in [3.8, 4) is 0 Å². The maximum atomic E-state index is 12.6. The van der Waals surface area contributed by atoms with E-state index in [2.05, 4.69) is 17.1 Å². The Hall–Kier alpha value is -1.48. The molecular weight excluding hydrogens is 354 g/mol. The van der Waals surface area contributed by atoms with Crippen LogP contribution in [0.1, 0.15) is 30.1 Å². The van der Waals surface area contributed by atoms with Crippen molar-refractivity contribution < 1.29 is 17.9 Å². The molecule has 2 aliphatic heterocycles. The fourth-order valence-electron chi connectivity index (χ4n) is 3.37. The lowest BCUT2D eigenvalue weighted by Crippen LogP contribution is -2.41. The summed E-state index contributed by atoms with van der Waals surface area (Å²) in [5.41, 5.74) is 0.472. The number of ether oxygens (including phenoxy) is 1. The van der Waals surface area contributed by atoms with Crippen LogP contribution in [0, 0.1) is 0 Å². The number of sulfonamides is 1. The Balaban J connectivity index is 1.58. The minimum absolute atomic E-state index is 0.175. The van der Waals surface area contributed by atoms with Gasteiger partial charge >= 0.3 is 0 Å². The fourth-order valence-corrected chi connectivity index (χ4v) is 4.78. The molecule has 1 aromatic rings. The summed E-state index contributed by atoms with van der Waals surface area (Å²) in [6, 6.07) is 6.46. The highest BCUT2D eigenvalue weighted by molar-refractivity contribution is 7.89. The van der Waals surface area contributed by atoms with E-state index >= 15 is 0 Å². The van der Waals surface area contributed by atoms with Crippen LogP contribution in [-0.2, 0) is 14.8 Å². The number of benzene rings is 1. The number of rotatable bonds is 6. The van der Waals surface area contributed by atoms with Gasteiger partial charge < -0.3 is 10.1 Å². The van der Waals surface area contributed by atoms with Crippen molar-refractivity contribution in [3.63, 3.8) is 0 Å². The molecule has 1 unspecified atom stereocenters. The van der Waals surface area contributed by atoms with Crippen molar-refractivity contribution in [1.82, 2.24) is 14.5 Å². The summed E-state index contributed by atoms with van der Waals surface area (Å²) < 4.78 is 31.8. The third-order valence-electron chi connectivity index (χ3n) is 5.05. The minimum Gasteiger partial charge on any atom is -0.379 e. The number of hydrogen-bond donors (Lipinski definition) is 1. The van der Waals surface area contributed by atoms with E-state index in [1.165, 1.54) is 29.3 Å². The highest BCUT2D eigenvalue weighted by atomic mass is 32.2. The lowest BCUT2D eigenvalue weighted by Gasteiger charge is -2.26. The van der Waals surface area contributed by atoms with Gasteiger partial charge in [0.05, 0.1) is 18.1 Å². The standard InChI is InChI=1S/C18H27N3O4S/c1-15(20-8-2-3-9-20)14-19-18(22)16-4-6-17(7-5-16)26(23,24)21-10-12-25-13-11-21/h4-7,15H,2-3,8-14H2,1H3,(H,19,22). The zero-order chi connectivity index (χ0) is 18.6. The topological polar surface area (TPSA) is 79.0 Å². The first-order chi connectivity index (χ1) is 12.5. The number of morpholine rings is 1. The Morgan fingerprint density at radius 2 is 1.73 bits per heavy atom. The number of hydrogen-bond acceptors (Lipinski definition) is 5. The summed E-state index contributed by atoms with van der Waals surface area (Å²) in [5, 5.41) is 2.94.